The van der Waals surface area contributed by atoms with Crippen LogP contribution < -0.4 is 10.9 Å². The number of phenols is 1. The molecule has 0 atom stereocenters. The van der Waals surface area contributed by atoms with Crippen LogP contribution in [0.15, 0.2) is 40.0 Å². The molecule has 118 valence electrons. The number of aromatic amines is 1. The fourth-order valence-corrected chi connectivity index (χ4v) is 2.89. The van der Waals surface area contributed by atoms with E-state index < -0.39 is 16.7 Å². The molecule has 3 rings (SSSR count). The van der Waals surface area contributed by atoms with Gasteiger partial charge in [0.15, 0.2) is 0 Å². The Bertz CT molecular complexity index is 1000. The molecule has 0 spiro atoms. The molecule has 1 aromatic carbocycles. The van der Waals surface area contributed by atoms with Gasteiger partial charge >= 0.3 is 0 Å². The minimum atomic E-state index is -0.613. The molecule has 0 radical (unpaired) electrons. The van der Waals surface area contributed by atoms with Crippen LogP contribution in [0.5, 0.6) is 5.75 Å². The topological polar surface area (TPSA) is 123 Å². The number of para-hydroxylation sites is 1. The average Bonchev–Trinajstić information content (AvgIpc) is 2.87. The van der Waals surface area contributed by atoms with Crippen molar-refractivity contribution < 1.29 is 14.7 Å². The summed E-state index contributed by atoms with van der Waals surface area (Å²) in [6.45, 7) is 0. The van der Waals surface area contributed by atoms with Crippen LogP contribution in [0.1, 0.15) is 11.1 Å². The van der Waals surface area contributed by atoms with E-state index in [0.29, 0.717) is 11.1 Å². The molecule has 2 heterocycles. The summed E-state index contributed by atoms with van der Waals surface area (Å²) in [5.41, 5.74) is 0.159. The second-order valence-electron chi connectivity index (χ2n) is 4.82. The molecular formula is C16H9N3O4S. The molecule has 0 bridgehead atoms. The highest BCUT2D eigenvalue weighted by Gasteiger charge is 2.26. The minimum absolute atomic E-state index is 0.0721. The van der Waals surface area contributed by atoms with E-state index in [1.807, 2.05) is 0 Å². The SMILES string of the molecule is N#Cc1cc(/C=C2\SC(=O)NC2=O)c(-c2ccccc2O)[nH]c1=O. The molecule has 1 aliphatic rings. The first-order valence-electron chi connectivity index (χ1n) is 6.70. The number of aromatic hydroxyl groups is 1. The van der Waals surface area contributed by atoms with Crippen molar-refractivity contribution in [2.24, 2.45) is 0 Å². The van der Waals surface area contributed by atoms with Gasteiger partial charge in [-0.15, -0.1) is 0 Å². The Balaban J connectivity index is 2.25. The van der Waals surface area contributed by atoms with Gasteiger partial charge in [0.1, 0.15) is 17.4 Å². The predicted octanol–water partition coefficient (Wildman–Crippen LogP) is 1.94. The second-order valence-corrected chi connectivity index (χ2v) is 5.84. The summed E-state index contributed by atoms with van der Waals surface area (Å²) < 4.78 is 0. The second kappa shape index (κ2) is 6.06. The van der Waals surface area contributed by atoms with Crippen LogP contribution in [0.2, 0.25) is 0 Å². The third kappa shape index (κ3) is 2.80. The van der Waals surface area contributed by atoms with Gasteiger partial charge in [0.05, 0.1) is 10.6 Å². The molecule has 24 heavy (non-hydrogen) atoms. The Morgan fingerprint density at radius 3 is 2.58 bits per heavy atom. The van der Waals surface area contributed by atoms with Crippen molar-refractivity contribution in [2.45, 2.75) is 0 Å². The number of phenolic OH excluding ortho intramolecular Hbond substituents is 1. The molecule has 0 unspecified atom stereocenters. The summed E-state index contributed by atoms with van der Waals surface area (Å²) in [5, 5.41) is 20.7. The Kier molecular flexibility index (Phi) is 3.93. The summed E-state index contributed by atoms with van der Waals surface area (Å²) in [7, 11) is 0. The van der Waals surface area contributed by atoms with Gasteiger partial charge in [0.2, 0.25) is 0 Å². The zero-order valence-electron chi connectivity index (χ0n) is 12.0. The van der Waals surface area contributed by atoms with Crippen molar-refractivity contribution >= 4 is 29.0 Å². The number of pyridine rings is 1. The molecule has 8 heteroatoms. The largest absolute Gasteiger partial charge is 0.507 e. The van der Waals surface area contributed by atoms with E-state index >= 15 is 0 Å². The van der Waals surface area contributed by atoms with E-state index in [9.17, 15) is 19.5 Å². The minimum Gasteiger partial charge on any atom is -0.507 e. The first-order chi connectivity index (χ1) is 11.5. The number of nitrogens with one attached hydrogen (secondary N) is 2. The third-order valence-electron chi connectivity index (χ3n) is 3.29. The van der Waals surface area contributed by atoms with E-state index in [1.165, 1.54) is 18.2 Å². The van der Waals surface area contributed by atoms with Gasteiger partial charge < -0.3 is 10.1 Å². The van der Waals surface area contributed by atoms with Gasteiger partial charge in [-0.2, -0.15) is 5.26 Å². The number of benzene rings is 1. The van der Waals surface area contributed by atoms with Crippen LogP contribution in [-0.2, 0) is 4.79 Å². The van der Waals surface area contributed by atoms with Gasteiger partial charge in [0, 0.05) is 11.1 Å². The molecular weight excluding hydrogens is 330 g/mol. The van der Waals surface area contributed by atoms with Gasteiger partial charge in [-0.3, -0.25) is 19.7 Å². The number of thioether (sulfide) groups is 1. The van der Waals surface area contributed by atoms with Crippen LogP contribution in [0.4, 0.5) is 4.79 Å². The van der Waals surface area contributed by atoms with E-state index in [0.717, 1.165) is 11.8 Å². The van der Waals surface area contributed by atoms with Crippen LogP contribution in [0.25, 0.3) is 17.3 Å². The van der Waals surface area contributed by atoms with Crippen molar-refractivity contribution in [3.8, 4) is 23.1 Å². The normalized spacial score (nSPS) is 15.4. The van der Waals surface area contributed by atoms with Crippen molar-refractivity contribution in [3.05, 3.63) is 56.7 Å². The van der Waals surface area contributed by atoms with E-state index in [-0.39, 0.29) is 21.9 Å². The summed E-state index contributed by atoms with van der Waals surface area (Å²) in [6, 6.07) is 9.40. The third-order valence-corrected chi connectivity index (χ3v) is 4.10. The Hall–Kier alpha value is -3.31. The Morgan fingerprint density at radius 1 is 1.21 bits per heavy atom. The number of imide groups is 1. The smallest absolute Gasteiger partial charge is 0.290 e. The van der Waals surface area contributed by atoms with E-state index in [2.05, 4.69) is 10.3 Å². The number of H-pyrrole nitrogens is 1. The van der Waals surface area contributed by atoms with Crippen molar-refractivity contribution in [1.82, 2.24) is 10.3 Å². The van der Waals surface area contributed by atoms with Gasteiger partial charge in [-0.05, 0) is 36.0 Å². The maximum absolute atomic E-state index is 11.9. The van der Waals surface area contributed by atoms with Crippen LogP contribution in [-0.4, -0.2) is 21.2 Å². The number of rotatable bonds is 2. The molecule has 1 fully saturated rings. The standard InChI is InChI=1S/C16H9N3O4S/c17-7-9-5-8(6-12-15(22)19-16(23)24-12)13(18-14(9)21)10-3-1-2-4-11(10)20/h1-6,20H,(H,18,21)(H,19,22,23)/b12-6-. The van der Waals surface area contributed by atoms with E-state index in [4.69, 9.17) is 5.26 Å². The van der Waals surface area contributed by atoms with Crippen LogP contribution in [0, 0.1) is 11.3 Å². The van der Waals surface area contributed by atoms with Crippen molar-refractivity contribution in [1.29, 1.82) is 5.26 Å². The lowest BCUT2D eigenvalue weighted by molar-refractivity contribution is -0.115. The van der Waals surface area contributed by atoms with Crippen LogP contribution in [0.3, 0.4) is 0 Å². The highest BCUT2D eigenvalue weighted by Crippen LogP contribution is 2.32. The first-order valence-corrected chi connectivity index (χ1v) is 7.52. The molecule has 0 aliphatic carbocycles. The number of nitrogens with zero attached hydrogens (tertiary/aromatic N) is 1. The molecule has 1 aromatic heterocycles. The summed E-state index contributed by atoms with van der Waals surface area (Å²) >= 11 is 0.718. The molecule has 1 aliphatic heterocycles. The molecule has 7 nitrogen and oxygen atoms in total. The monoisotopic (exact) mass is 339 g/mol. The maximum Gasteiger partial charge on any atom is 0.290 e. The maximum atomic E-state index is 11.9. The molecule has 0 saturated carbocycles. The lowest BCUT2D eigenvalue weighted by Crippen LogP contribution is -2.18. The molecule has 1 saturated heterocycles. The number of aromatic nitrogens is 1. The number of carbonyl (C=O) groups is 2. The summed E-state index contributed by atoms with van der Waals surface area (Å²) in [4.78, 5) is 37.6. The Labute approximate surface area is 139 Å². The Morgan fingerprint density at radius 2 is 1.96 bits per heavy atom. The summed E-state index contributed by atoms with van der Waals surface area (Å²) in [6.07, 6.45) is 1.39. The molecule has 2 amide bonds. The van der Waals surface area contributed by atoms with Crippen molar-refractivity contribution in [3.63, 3.8) is 0 Å². The fraction of sp³-hybridized carbons (Fsp3) is 0. The van der Waals surface area contributed by atoms with E-state index in [1.54, 1.807) is 24.3 Å². The van der Waals surface area contributed by atoms with Crippen molar-refractivity contribution in [2.75, 3.05) is 0 Å². The fourth-order valence-electron chi connectivity index (χ4n) is 2.21. The molecule has 3 N–H and O–H groups in total. The van der Waals surface area contributed by atoms with Crippen LogP contribution >= 0.6 is 11.8 Å². The first kappa shape index (κ1) is 15.6. The number of hydrogen-bond donors (Lipinski definition) is 3. The highest BCUT2D eigenvalue weighted by molar-refractivity contribution is 8.18. The number of hydrogen-bond acceptors (Lipinski definition) is 6. The summed E-state index contributed by atoms with van der Waals surface area (Å²) in [5.74, 6) is -0.630. The average molecular weight is 339 g/mol. The zero-order valence-corrected chi connectivity index (χ0v) is 12.8. The quantitative estimate of drug-likeness (QED) is 0.719. The lowest BCUT2D eigenvalue weighted by Gasteiger charge is -2.09. The van der Waals surface area contributed by atoms with Gasteiger partial charge in [-0.1, -0.05) is 12.1 Å². The van der Waals surface area contributed by atoms with Gasteiger partial charge in [0.25, 0.3) is 16.7 Å². The predicted molar refractivity (Wildman–Crippen MR) is 88.0 cm³/mol. The van der Waals surface area contributed by atoms with Gasteiger partial charge in [-0.25, -0.2) is 0 Å². The molecule has 2 aromatic rings. The highest BCUT2D eigenvalue weighted by atomic mass is 32.2. The number of nitriles is 1. The lowest BCUT2D eigenvalue weighted by atomic mass is 10.0. The zero-order chi connectivity index (χ0) is 17.3. The number of amides is 2. The number of carbonyl (C=O) groups excluding carboxylic acids is 2.